The Morgan fingerprint density at radius 2 is 1.57 bits per heavy atom. The van der Waals surface area contributed by atoms with E-state index in [0.29, 0.717) is 31.7 Å². The fourth-order valence-corrected chi connectivity index (χ4v) is 5.73. The van der Waals surface area contributed by atoms with E-state index in [-0.39, 0.29) is 10.8 Å². The Kier molecular flexibility index (Phi) is 6.35. The quantitative estimate of drug-likeness (QED) is 0.740. The van der Waals surface area contributed by atoms with Gasteiger partial charge in [0.2, 0.25) is 10.0 Å². The van der Waals surface area contributed by atoms with Crippen LogP contribution in [-0.4, -0.2) is 49.7 Å². The van der Waals surface area contributed by atoms with Crippen molar-refractivity contribution in [1.29, 1.82) is 0 Å². The van der Waals surface area contributed by atoms with E-state index < -0.39 is 10.0 Å². The number of amides is 1. The molecule has 1 amide bonds. The highest BCUT2D eigenvalue weighted by Gasteiger charge is 2.27. The fraction of sp³-hybridized carbons (Fsp3) is 0.375. The van der Waals surface area contributed by atoms with Crippen molar-refractivity contribution in [2.24, 2.45) is 0 Å². The molecule has 4 rings (SSSR count). The molecule has 1 saturated heterocycles. The van der Waals surface area contributed by atoms with Gasteiger partial charge in [-0.25, -0.2) is 8.42 Å². The van der Waals surface area contributed by atoms with Crippen LogP contribution in [0, 0.1) is 0 Å². The van der Waals surface area contributed by atoms with Gasteiger partial charge in [-0.1, -0.05) is 55.3 Å². The van der Waals surface area contributed by atoms with Crippen LogP contribution in [0.1, 0.15) is 48.0 Å². The van der Waals surface area contributed by atoms with Crippen molar-refractivity contribution in [1.82, 2.24) is 9.21 Å². The lowest BCUT2D eigenvalue weighted by atomic mass is 9.99. The molecule has 1 fully saturated rings. The number of hydrogen-bond donors (Lipinski definition) is 0. The third-order valence-electron chi connectivity index (χ3n) is 5.92. The first kappa shape index (κ1) is 20.8. The fourth-order valence-electron chi connectivity index (χ4n) is 4.17. The van der Waals surface area contributed by atoms with Crippen LogP contribution in [0.2, 0.25) is 0 Å². The molecule has 0 aromatic heterocycles. The van der Waals surface area contributed by atoms with E-state index in [9.17, 15) is 13.2 Å². The zero-order valence-corrected chi connectivity index (χ0v) is 18.0. The van der Waals surface area contributed by atoms with Crippen molar-refractivity contribution in [3.8, 4) is 0 Å². The summed E-state index contributed by atoms with van der Waals surface area (Å²) in [6, 6.07) is 16.7. The molecule has 0 spiro atoms. The predicted molar refractivity (Wildman–Crippen MR) is 119 cm³/mol. The molecule has 0 atom stereocenters. The molecule has 0 unspecified atom stereocenters. The van der Waals surface area contributed by atoms with E-state index in [1.54, 1.807) is 33.5 Å². The van der Waals surface area contributed by atoms with Crippen molar-refractivity contribution in [3.63, 3.8) is 0 Å². The number of carbonyl (C=O) groups is 1. The molecule has 0 N–H and O–H groups in total. The molecule has 6 heteroatoms. The zero-order chi connectivity index (χ0) is 21.0. The van der Waals surface area contributed by atoms with Crippen LogP contribution in [-0.2, 0) is 10.0 Å². The van der Waals surface area contributed by atoms with Gasteiger partial charge in [-0.05, 0) is 48.6 Å². The van der Waals surface area contributed by atoms with E-state index in [1.807, 2.05) is 18.2 Å². The van der Waals surface area contributed by atoms with Crippen molar-refractivity contribution < 1.29 is 13.2 Å². The average Bonchev–Trinajstić information content (AvgIpc) is 3.10. The van der Waals surface area contributed by atoms with Crippen LogP contribution in [0.15, 0.2) is 65.6 Å². The third kappa shape index (κ3) is 4.50. The number of rotatable bonds is 4. The minimum absolute atomic E-state index is 0.119. The molecule has 2 heterocycles. The van der Waals surface area contributed by atoms with Gasteiger partial charge in [-0.3, -0.25) is 4.79 Å². The number of benzene rings is 2. The van der Waals surface area contributed by atoms with E-state index >= 15 is 0 Å². The van der Waals surface area contributed by atoms with E-state index in [1.165, 1.54) is 11.1 Å². The van der Waals surface area contributed by atoms with Gasteiger partial charge >= 0.3 is 0 Å². The van der Waals surface area contributed by atoms with Gasteiger partial charge in [0.15, 0.2) is 0 Å². The second kappa shape index (κ2) is 9.14. The van der Waals surface area contributed by atoms with Crippen LogP contribution in [0.4, 0.5) is 0 Å². The second-order valence-corrected chi connectivity index (χ2v) is 9.88. The van der Waals surface area contributed by atoms with Crippen molar-refractivity contribution in [2.75, 3.05) is 26.2 Å². The van der Waals surface area contributed by atoms with Gasteiger partial charge in [0.25, 0.3) is 5.91 Å². The van der Waals surface area contributed by atoms with Gasteiger partial charge in [0, 0.05) is 31.7 Å². The molecule has 0 radical (unpaired) electrons. The summed E-state index contributed by atoms with van der Waals surface area (Å²) in [5.74, 6) is -0.119. The normalized spacial score (nSPS) is 18.5. The van der Waals surface area contributed by atoms with Gasteiger partial charge in [0.05, 0.1) is 4.90 Å². The summed E-state index contributed by atoms with van der Waals surface area (Å²) < 4.78 is 27.7. The highest BCUT2D eigenvalue weighted by molar-refractivity contribution is 7.89. The smallest absolute Gasteiger partial charge is 0.254 e. The molecule has 0 bridgehead atoms. The monoisotopic (exact) mass is 424 g/mol. The molecular weight excluding hydrogens is 396 g/mol. The summed E-state index contributed by atoms with van der Waals surface area (Å²) in [5.41, 5.74) is 2.87. The summed E-state index contributed by atoms with van der Waals surface area (Å²) in [5, 5.41) is 0. The van der Waals surface area contributed by atoms with Gasteiger partial charge in [-0.15, -0.1) is 0 Å². The van der Waals surface area contributed by atoms with Crippen LogP contribution >= 0.6 is 0 Å². The third-order valence-corrected chi connectivity index (χ3v) is 7.82. The molecule has 0 saturated carbocycles. The first-order valence-corrected chi connectivity index (χ1v) is 12.1. The maximum Gasteiger partial charge on any atom is 0.254 e. The molecule has 2 aromatic rings. The van der Waals surface area contributed by atoms with Crippen LogP contribution in [0.5, 0.6) is 0 Å². The molecule has 30 heavy (non-hydrogen) atoms. The largest absolute Gasteiger partial charge is 0.335 e. The average molecular weight is 425 g/mol. The maximum atomic E-state index is 13.1. The lowest BCUT2D eigenvalue weighted by Crippen LogP contribution is -2.35. The molecular formula is C24H28N2O3S. The van der Waals surface area contributed by atoms with Crippen molar-refractivity contribution >= 4 is 21.5 Å². The Balaban J connectivity index is 1.50. The van der Waals surface area contributed by atoms with E-state index in [2.05, 4.69) is 18.2 Å². The maximum absolute atomic E-state index is 13.1. The van der Waals surface area contributed by atoms with E-state index in [4.69, 9.17) is 0 Å². The van der Waals surface area contributed by atoms with Crippen LogP contribution in [0.25, 0.3) is 5.57 Å². The summed E-state index contributed by atoms with van der Waals surface area (Å²) in [6.45, 7) is 2.27. The zero-order valence-electron chi connectivity index (χ0n) is 17.2. The Bertz CT molecular complexity index is 1020. The second-order valence-electron chi connectivity index (χ2n) is 7.94. The molecule has 2 aromatic carbocycles. The summed E-state index contributed by atoms with van der Waals surface area (Å²) in [4.78, 5) is 15.0. The summed E-state index contributed by atoms with van der Waals surface area (Å²) >= 11 is 0. The molecule has 2 aliphatic rings. The van der Waals surface area contributed by atoms with Crippen molar-refractivity contribution in [2.45, 2.75) is 37.0 Å². The summed E-state index contributed by atoms with van der Waals surface area (Å²) in [7, 11) is -3.57. The first-order valence-electron chi connectivity index (χ1n) is 10.7. The molecule has 2 aliphatic heterocycles. The van der Waals surface area contributed by atoms with Crippen LogP contribution < -0.4 is 0 Å². The Labute approximate surface area is 179 Å². The molecule has 5 nitrogen and oxygen atoms in total. The number of hydrogen-bond acceptors (Lipinski definition) is 3. The Morgan fingerprint density at radius 3 is 2.23 bits per heavy atom. The van der Waals surface area contributed by atoms with Crippen molar-refractivity contribution in [3.05, 3.63) is 71.8 Å². The van der Waals surface area contributed by atoms with Gasteiger partial charge < -0.3 is 4.90 Å². The molecule has 158 valence electrons. The number of nitrogens with zero attached hydrogens (tertiary/aromatic N) is 2. The van der Waals surface area contributed by atoms with Crippen LogP contribution in [0.3, 0.4) is 0 Å². The topological polar surface area (TPSA) is 57.7 Å². The highest BCUT2D eigenvalue weighted by Crippen LogP contribution is 2.25. The minimum Gasteiger partial charge on any atom is -0.335 e. The van der Waals surface area contributed by atoms with E-state index in [0.717, 1.165) is 32.1 Å². The first-order chi connectivity index (χ1) is 14.6. The molecule has 0 aliphatic carbocycles. The SMILES string of the molecule is O=C(c1cccc(S(=O)(=O)N2CCCCCC2)c1)N1CC=C(c2ccccc2)CC1. The number of carbonyl (C=O) groups excluding carboxylic acids is 1. The van der Waals surface area contributed by atoms with Gasteiger partial charge in [-0.2, -0.15) is 4.31 Å². The number of sulfonamides is 1. The summed E-state index contributed by atoms with van der Waals surface area (Å²) in [6.07, 6.45) is 6.80. The predicted octanol–water partition coefficient (Wildman–Crippen LogP) is 4.18. The lowest BCUT2D eigenvalue weighted by molar-refractivity contribution is 0.0772. The minimum atomic E-state index is -3.57. The standard InChI is InChI=1S/C24H28N2O3S/c27-24(25-17-13-21(14-18-25)20-9-4-3-5-10-20)22-11-8-12-23(19-22)30(28,29)26-15-6-1-2-7-16-26/h3-5,8-13,19H,1-2,6-7,14-18H2. The lowest BCUT2D eigenvalue weighted by Gasteiger charge is -2.27. The van der Waals surface area contributed by atoms with Gasteiger partial charge in [0.1, 0.15) is 0 Å². The Hall–Kier alpha value is -2.44. The highest BCUT2D eigenvalue weighted by atomic mass is 32.2. The Morgan fingerprint density at radius 1 is 0.833 bits per heavy atom.